The highest BCUT2D eigenvalue weighted by Gasteiger charge is 2.27. The van der Waals surface area contributed by atoms with E-state index < -0.39 is 0 Å². The third kappa shape index (κ3) is 5.38. The summed E-state index contributed by atoms with van der Waals surface area (Å²) in [6, 6.07) is 7.51. The average molecular weight is 417 g/mol. The second-order valence-corrected chi connectivity index (χ2v) is 8.10. The molecule has 3 rings (SSSR count). The number of rotatable bonds is 7. The first-order valence-electron chi connectivity index (χ1n) is 10.3. The number of nitrogens with one attached hydrogen (secondary N) is 2. The summed E-state index contributed by atoms with van der Waals surface area (Å²) < 4.78 is 0. The van der Waals surface area contributed by atoms with Crippen molar-refractivity contribution in [2.45, 2.75) is 52.5 Å². The molecule has 2 heterocycles. The maximum absolute atomic E-state index is 12.9. The SMILES string of the molecule is CCc1[nH]nc(C(=O)N2CCC[C@H](CCC(=O)NCc3ccccc3Cl)C2)c1C. The molecule has 1 aliphatic rings. The molecule has 156 valence electrons. The molecular weight excluding hydrogens is 388 g/mol. The molecule has 1 aromatic carbocycles. The van der Waals surface area contributed by atoms with Gasteiger partial charge < -0.3 is 10.2 Å². The van der Waals surface area contributed by atoms with E-state index in [4.69, 9.17) is 11.6 Å². The largest absolute Gasteiger partial charge is 0.352 e. The number of halogens is 1. The van der Waals surface area contributed by atoms with Gasteiger partial charge in [0.25, 0.3) is 5.91 Å². The number of piperidine rings is 1. The summed E-state index contributed by atoms with van der Waals surface area (Å²) >= 11 is 6.13. The van der Waals surface area contributed by atoms with Crippen LogP contribution in [0.2, 0.25) is 5.02 Å². The molecule has 2 amide bonds. The zero-order chi connectivity index (χ0) is 20.8. The van der Waals surface area contributed by atoms with Gasteiger partial charge >= 0.3 is 0 Å². The number of aryl methyl sites for hydroxylation is 1. The molecule has 1 aliphatic heterocycles. The molecule has 0 spiro atoms. The quantitative estimate of drug-likeness (QED) is 0.718. The van der Waals surface area contributed by atoms with Gasteiger partial charge in [-0.25, -0.2) is 0 Å². The molecule has 0 aliphatic carbocycles. The van der Waals surface area contributed by atoms with E-state index in [1.165, 1.54) is 0 Å². The molecule has 2 aromatic rings. The summed E-state index contributed by atoms with van der Waals surface area (Å²) in [5.74, 6) is 0.346. The first-order valence-corrected chi connectivity index (χ1v) is 10.7. The van der Waals surface area contributed by atoms with Crippen molar-refractivity contribution in [2.75, 3.05) is 13.1 Å². The summed E-state index contributed by atoms with van der Waals surface area (Å²) in [5.41, 5.74) is 3.40. The van der Waals surface area contributed by atoms with Crippen molar-refractivity contribution in [3.63, 3.8) is 0 Å². The number of carbonyl (C=O) groups is 2. The lowest BCUT2D eigenvalue weighted by Gasteiger charge is -2.32. The zero-order valence-corrected chi connectivity index (χ0v) is 17.9. The van der Waals surface area contributed by atoms with E-state index in [9.17, 15) is 9.59 Å². The lowest BCUT2D eigenvalue weighted by atomic mass is 9.93. The maximum Gasteiger partial charge on any atom is 0.274 e. The highest BCUT2D eigenvalue weighted by Crippen LogP contribution is 2.23. The van der Waals surface area contributed by atoms with Gasteiger partial charge in [-0.3, -0.25) is 14.7 Å². The maximum atomic E-state index is 12.9. The van der Waals surface area contributed by atoms with Crippen molar-refractivity contribution in [1.29, 1.82) is 0 Å². The van der Waals surface area contributed by atoms with E-state index in [0.29, 0.717) is 36.1 Å². The Labute approximate surface area is 177 Å². The molecule has 2 N–H and O–H groups in total. The molecule has 0 bridgehead atoms. The number of hydrogen-bond acceptors (Lipinski definition) is 3. The number of aromatic amines is 1. The van der Waals surface area contributed by atoms with Crippen LogP contribution < -0.4 is 5.32 Å². The molecule has 0 saturated carbocycles. The van der Waals surface area contributed by atoms with Crippen molar-refractivity contribution in [3.05, 3.63) is 51.8 Å². The lowest BCUT2D eigenvalue weighted by molar-refractivity contribution is -0.121. The Kier molecular flexibility index (Phi) is 7.31. The smallest absolute Gasteiger partial charge is 0.274 e. The van der Waals surface area contributed by atoms with Crippen molar-refractivity contribution < 1.29 is 9.59 Å². The van der Waals surface area contributed by atoms with Crippen LogP contribution in [0, 0.1) is 12.8 Å². The molecule has 6 nitrogen and oxygen atoms in total. The van der Waals surface area contributed by atoms with Crippen LogP contribution in [0.15, 0.2) is 24.3 Å². The summed E-state index contributed by atoms with van der Waals surface area (Å²) in [7, 11) is 0. The number of carbonyl (C=O) groups excluding carboxylic acids is 2. The lowest BCUT2D eigenvalue weighted by Crippen LogP contribution is -2.40. The van der Waals surface area contributed by atoms with Crippen LogP contribution in [0.1, 0.15) is 59.9 Å². The van der Waals surface area contributed by atoms with Gasteiger partial charge in [-0.1, -0.05) is 36.7 Å². The van der Waals surface area contributed by atoms with Crippen LogP contribution in [0.3, 0.4) is 0 Å². The molecule has 7 heteroatoms. The minimum Gasteiger partial charge on any atom is -0.352 e. The fourth-order valence-electron chi connectivity index (χ4n) is 3.88. The van der Waals surface area contributed by atoms with Crippen LogP contribution in [0.25, 0.3) is 0 Å². The Balaban J connectivity index is 1.48. The Morgan fingerprint density at radius 2 is 2.14 bits per heavy atom. The van der Waals surface area contributed by atoms with Crippen molar-refractivity contribution >= 4 is 23.4 Å². The van der Waals surface area contributed by atoms with Gasteiger partial charge in [0.05, 0.1) is 0 Å². The normalized spacial score (nSPS) is 16.7. The number of aromatic nitrogens is 2. The summed E-state index contributed by atoms with van der Waals surface area (Å²) in [6.07, 6.45) is 4.07. The second-order valence-electron chi connectivity index (χ2n) is 7.70. The third-order valence-corrected chi connectivity index (χ3v) is 6.06. The molecule has 1 fully saturated rings. The molecule has 0 radical (unpaired) electrons. The van der Waals surface area contributed by atoms with E-state index in [-0.39, 0.29) is 11.8 Å². The van der Waals surface area contributed by atoms with Crippen LogP contribution in [0.4, 0.5) is 0 Å². The summed E-state index contributed by atoms with van der Waals surface area (Å²) in [6.45, 7) is 5.86. The van der Waals surface area contributed by atoms with Gasteiger partial charge in [0, 0.05) is 42.3 Å². The molecule has 1 aromatic heterocycles. The summed E-state index contributed by atoms with van der Waals surface area (Å²) in [4.78, 5) is 27.0. The fraction of sp³-hybridized carbons (Fsp3) is 0.500. The van der Waals surface area contributed by atoms with Gasteiger partial charge in [0.15, 0.2) is 5.69 Å². The van der Waals surface area contributed by atoms with E-state index in [0.717, 1.165) is 49.0 Å². The number of hydrogen-bond donors (Lipinski definition) is 2. The van der Waals surface area contributed by atoms with Crippen LogP contribution in [0.5, 0.6) is 0 Å². The van der Waals surface area contributed by atoms with E-state index >= 15 is 0 Å². The average Bonchev–Trinajstić information content (AvgIpc) is 3.11. The Bertz CT molecular complexity index is 864. The number of H-pyrrole nitrogens is 1. The molecule has 29 heavy (non-hydrogen) atoms. The summed E-state index contributed by atoms with van der Waals surface area (Å²) in [5, 5.41) is 10.8. The van der Waals surface area contributed by atoms with Crippen molar-refractivity contribution in [1.82, 2.24) is 20.4 Å². The van der Waals surface area contributed by atoms with Crippen molar-refractivity contribution in [3.8, 4) is 0 Å². The fourth-order valence-corrected chi connectivity index (χ4v) is 4.08. The Morgan fingerprint density at radius 3 is 2.86 bits per heavy atom. The predicted molar refractivity (Wildman–Crippen MR) is 114 cm³/mol. The van der Waals surface area contributed by atoms with E-state index in [1.807, 2.05) is 43.0 Å². The number of amides is 2. The Hall–Kier alpha value is -2.34. The number of likely N-dealkylation sites (tertiary alicyclic amines) is 1. The number of benzene rings is 1. The second kappa shape index (κ2) is 9.92. The molecule has 0 unspecified atom stereocenters. The van der Waals surface area contributed by atoms with E-state index in [1.54, 1.807) is 0 Å². The minimum atomic E-state index is -0.00804. The first kappa shape index (κ1) is 21.4. The van der Waals surface area contributed by atoms with Crippen LogP contribution in [-0.2, 0) is 17.8 Å². The van der Waals surface area contributed by atoms with Gasteiger partial charge in [0.1, 0.15) is 0 Å². The van der Waals surface area contributed by atoms with Crippen LogP contribution in [-0.4, -0.2) is 40.0 Å². The van der Waals surface area contributed by atoms with Gasteiger partial charge in [0.2, 0.25) is 5.91 Å². The Morgan fingerprint density at radius 1 is 1.34 bits per heavy atom. The van der Waals surface area contributed by atoms with Crippen LogP contribution >= 0.6 is 11.6 Å². The third-order valence-electron chi connectivity index (χ3n) is 5.69. The van der Waals surface area contributed by atoms with E-state index in [2.05, 4.69) is 15.5 Å². The standard InChI is InChI=1S/C22H29ClN4O2/c1-3-19-15(2)21(26-25-19)22(29)27-12-6-7-16(14-27)10-11-20(28)24-13-17-8-4-5-9-18(17)23/h4-5,8-9,16H,3,6-7,10-14H2,1-2H3,(H,24,28)(H,25,26)/t16-/m1/s1. The highest BCUT2D eigenvalue weighted by atomic mass is 35.5. The minimum absolute atomic E-state index is 0.00804. The van der Waals surface area contributed by atoms with Gasteiger partial charge in [-0.2, -0.15) is 5.10 Å². The molecule has 1 saturated heterocycles. The van der Waals surface area contributed by atoms with Gasteiger partial charge in [-0.15, -0.1) is 0 Å². The monoisotopic (exact) mass is 416 g/mol. The number of nitrogens with zero attached hydrogens (tertiary/aromatic N) is 2. The highest BCUT2D eigenvalue weighted by molar-refractivity contribution is 6.31. The topological polar surface area (TPSA) is 78.1 Å². The van der Waals surface area contributed by atoms with Crippen molar-refractivity contribution in [2.24, 2.45) is 5.92 Å². The molecular formula is C22H29ClN4O2. The zero-order valence-electron chi connectivity index (χ0n) is 17.1. The van der Waals surface area contributed by atoms with Gasteiger partial charge in [-0.05, 0) is 50.2 Å². The first-order chi connectivity index (χ1) is 14.0. The molecule has 1 atom stereocenters. The predicted octanol–water partition coefficient (Wildman–Crippen LogP) is 3.88.